The van der Waals surface area contributed by atoms with E-state index >= 15 is 0 Å². The molecule has 3 nitrogen and oxygen atoms in total. The zero-order valence-electron chi connectivity index (χ0n) is 12.1. The summed E-state index contributed by atoms with van der Waals surface area (Å²) in [6.07, 6.45) is 1.87. The summed E-state index contributed by atoms with van der Waals surface area (Å²) in [6.45, 7) is 7.95. The minimum Gasteiger partial charge on any atom is -0.382 e. The van der Waals surface area contributed by atoms with Crippen LogP contribution in [0.4, 0.5) is 5.69 Å². The molecule has 2 atom stereocenters. The molecule has 2 unspecified atom stereocenters. The number of benzene rings is 1. The van der Waals surface area contributed by atoms with Crippen molar-refractivity contribution < 1.29 is 4.79 Å². The van der Waals surface area contributed by atoms with Gasteiger partial charge in [-0.2, -0.15) is 0 Å². The number of nitrogens with zero attached hydrogens (tertiary/aromatic N) is 1. The van der Waals surface area contributed by atoms with Crippen LogP contribution in [-0.2, 0) is 11.2 Å². The lowest BCUT2D eigenvalue weighted by Gasteiger charge is -2.35. The highest BCUT2D eigenvalue weighted by molar-refractivity contribution is 5.81. The summed E-state index contributed by atoms with van der Waals surface area (Å²) in [5, 5.41) is 3.46. The van der Waals surface area contributed by atoms with Gasteiger partial charge in [0.05, 0.1) is 5.92 Å². The van der Waals surface area contributed by atoms with Gasteiger partial charge in [0.1, 0.15) is 0 Å². The zero-order chi connectivity index (χ0) is 13.8. The Hall–Kier alpha value is -1.51. The van der Waals surface area contributed by atoms with Gasteiger partial charge in [-0.25, -0.2) is 0 Å². The van der Waals surface area contributed by atoms with Crippen molar-refractivity contribution in [3.63, 3.8) is 0 Å². The molecule has 0 bridgehead atoms. The number of fused-ring (bicyclic) bond motifs is 1. The molecule has 3 heteroatoms. The second-order valence-electron chi connectivity index (χ2n) is 5.32. The fourth-order valence-corrected chi connectivity index (χ4v) is 2.83. The van der Waals surface area contributed by atoms with Crippen molar-refractivity contribution in [3.05, 3.63) is 29.8 Å². The van der Waals surface area contributed by atoms with Crippen LogP contribution in [0, 0.1) is 5.92 Å². The van der Waals surface area contributed by atoms with Crippen LogP contribution in [0.15, 0.2) is 24.3 Å². The van der Waals surface area contributed by atoms with E-state index in [1.165, 1.54) is 11.3 Å². The number of amides is 1. The van der Waals surface area contributed by atoms with Crippen molar-refractivity contribution in [1.82, 2.24) is 4.90 Å². The van der Waals surface area contributed by atoms with Crippen molar-refractivity contribution in [2.24, 2.45) is 5.92 Å². The van der Waals surface area contributed by atoms with Gasteiger partial charge in [0, 0.05) is 24.8 Å². The smallest absolute Gasteiger partial charge is 0.228 e. The van der Waals surface area contributed by atoms with Crippen molar-refractivity contribution >= 4 is 11.6 Å². The molecule has 0 aromatic heterocycles. The first kappa shape index (κ1) is 13.9. The van der Waals surface area contributed by atoms with Crippen LogP contribution < -0.4 is 5.32 Å². The normalized spacial score (nSPS) is 21.4. The molecule has 0 saturated heterocycles. The quantitative estimate of drug-likeness (QED) is 0.902. The molecule has 0 fully saturated rings. The molecule has 104 valence electrons. The monoisotopic (exact) mass is 260 g/mol. The average molecular weight is 260 g/mol. The number of carbonyl (C=O) groups is 1. The van der Waals surface area contributed by atoms with Crippen molar-refractivity contribution in [3.8, 4) is 0 Å². The number of para-hydroxylation sites is 1. The van der Waals surface area contributed by atoms with E-state index in [1.54, 1.807) is 0 Å². The van der Waals surface area contributed by atoms with E-state index in [2.05, 4.69) is 38.2 Å². The molecule has 0 spiro atoms. The highest BCUT2D eigenvalue weighted by atomic mass is 16.2. The molecule has 1 aliphatic rings. The van der Waals surface area contributed by atoms with Crippen LogP contribution in [-0.4, -0.2) is 29.9 Å². The van der Waals surface area contributed by atoms with Gasteiger partial charge in [0.25, 0.3) is 0 Å². The van der Waals surface area contributed by atoms with Crippen LogP contribution in [0.5, 0.6) is 0 Å². The van der Waals surface area contributed by atoms with E-state index < -0.39 is 0 Å². The summed E-state index contributed by atoms with van der Waals surface area (Å²) in [5.41, 5.74) is 2.43. The molecule has 19 heavy (non-hydrogen) atoms. The maximum absolute atomic E-state index is 12.6. The Morgan fingerprint density at radius 1 is 1.37 bits per heavy atom. The number of rotatable bonds is 4. The van der Waals surface area contributed by atoms with Crippen molar-refractivity contribution in [2.75, 3.05) is 18.4 Å². The standard InChI is InChI=1S/C16H24N2O/c1-4-10-18(5-2)16(19)14-11-13-8-6-7-9-15(13)17-12(14)3/h6-9,12,14,17H,4-5,10-11H2,1-3H3. The summed E-state index contributed by atoms with van der Waals surface area (Å²) >= 11 is 0. The van der Waals surface area contributed by atoms with Gasteiger partial charge in [-0.05, 0) is 38.3 Å². The molecular formula is C16H24N2O. The minimum absolute atomic E-state index is 0.0569. The number of anilines is 1. The van der Waals surface area contributed by atoms with Gasteiger partial charge in [0.15, 0.2) is 0 Å². The third kappa shape index (κ3) is 2.91. The van der Waals surface area contributed by atoms with Gasteiger partial charge in [-0.1, -0.05) is 25.1 Å². The van der Waals surface area contributed by atoms with Crippen LogP contribution >= 0.6 is 0 Å². The van der Waals surface area contributed by atoms with Gasteiger partial charge in [0.2, 0.25) is 5.91 Å². The molecule has 1 amide bonds. The Bertz CT molecular complexity index is 444. The summed E-state index contributed by atoms with van der Waals surface area (Å²) < 4.78 is 0. The summed E-state index contributed by atoms with van der Waals surface area (Å²) in [7, 11) is 0. The predicted octanol–water partition coefficient (Wildman–Crippen LogP) is 2.92. The Morgan fingerprint density at radius 2 is 2.11 bits per heavy atom. The SMILES string of the molecule is CCCN(CC)C(=O)C1Cc2ccccc2NC1C. The maximum atomic E-state index is 12.6. The number of nitrogens with one attached hydrogen (secondary N) is 1. The second kappa shape index (κ2) is 6.09. The molecular weight excluding hydrogens is 236 g/mol. The Morgan fingerprint density at radius 3 is 2.79 bits per heavy atom. The number of hydrogen-bond acceptors (Lipinski definition) is 2. The maximum Gasteiger partial charge on any atom is 0.228 e. The fraction of sp³-hybridized carbons (Fsp3) is 0.562. The van der Waals surface area contributed by atoms with E-state index in [0.29, 0.717) is 5.91 Å². The molecule has 1 aromatic rings. The molecule has 0 saturated carbocycles. The molecule has 0 radical (unpaired) electrons. The third-order valence-electron chi connectivity index (χ3n) is 3.95. The lowest BCUT2D eigenvalue weighted by Crippen LogP contribution is -2.45. The van der Waals surface area contributed by atoms with Crippen LogP contribution in [0.1, 0.15) is 32.8 Å². The minimum atomic E-state index is 0.0569. The van der Waals surface area contributed by atoms with Gasteiger partial charge in [-0.15, -0.1) is 0 Å². The van der Waals surface area contributed by atoms with Crippen molar-refractivity contribution in [1.29, 1.82) is 0 Å². The Balaban J connectivity index is 2.15. The van der Waals surface area contributed by atoms with Gasteiger partial charge < -0.3 is 10.2 Å². The lowest BCUT2D eigenvalue weighted by molar-refractivity contribution is -0.135. The largest absolute Gasteiger partial charge is 0.382 e. The van der Waals surface area contributed by atoms with E-state index in [4.69, 9.17) is 0 Å². The summed E-state index contributed by atoms with van der Waals surface area (Å²) in [5.74, 6) is 0.347. The summed E-state index contributed by atoms with van der Waals surface area (Å²) in [6, 6.07) is 8.49. The molecule has 1 heterocycles. The average Bonchev–Trinajstić information content (AvgIpc) is 2.43. The zero-order valence-corrected chi connectivity index (χ0v) is 12.1. The molecule has 1 aromatic carbocycles. The van der Waals surface area contributed by atoms with Crippen LogP contribution in [0.2, 0.25) is 0 Å². The molecule has 2 rings (SSSR count). The van der Waals surface area contributed by atoms with Crippen molar-refractivity contribution in [2.45, 2.75) is 39.7 Å². The molecule has 1 N–H and O–H groups in total. The van der Waals surface area contributed by atoms with Crippen LogP contribution in [0.25, 0.3) is 0 Å². The third-order valence-corrected chi connectivity index (χ3v) is 3.95. The van der Waals surface area contributed by atoms with E-state index in [-0.39, 0.29) is 12.0 Å². The first-order valence-electron chi connectivity index (χ1n) is 7.30. The van der Waals surface area contributed by atoms with E-state index in [9.17, 15) is 4.79 Å². The molecule has 1 aliphatic heterocycles. The lowest BCUT2D eigenvalue weighted by atomic mass is 9.87. The topological polar surface area (TPSA) is 32.3 Å². The number of carbonyl (C=O) groups excluding carboxylic acids is 1. The highest BCUT2D eigenvalue weighted by Gasteiger charge is 2.32. The highest BCUT2D eigenvalue weighted by Crippen LogP contribution is 2.29. The molecule has 0 aliphatic carbocycles. The van der Waals surface area contributed by atoms with Crippen LogP contribution in [0.3, 0.4) is 0 Å². The second-order valence-corrected chi connectivity index (χ2v) is 5.32. The predicted molar refractivity (Wildman–Crippen MR) is 79.3 cm³/mol. The van der Waals surface area contributed by atoms with Gasteiger partial charge >= 0.3 is 0 Å². The fourth-order valence-electron chi connectivity index (χ4n) is 2.83. The van der Waals surface area contributed by atoms with E-state index in [0.717, 1.165) is 25.9 Å². The first-order valence-corrected chi connectivity index (χ1v) is 7.30. The first-order chi connectivity index (χ1) is 9.17. The summed E-state index contributed by atoms with van der Waals surface area (Å²) in [4.78, 5) is 14.6. The number of hydrogen-bond donors (Lipinski definition) is 1. The Kier molecular flexibility index (Phi) is 4.46. The van der Waals surface area contributed by atoms with E-state index in [1.807, 2.05) is 17.0 Å². The van der Waals surface area contributed by atoms with Gasteiger partial charge in [-0.3, -0.25) is 4.79 Å². The Labute approximate surface area is 116 Å².